The van der Waals surface area contributed by atoms with Crippen LogP contribution in [0, 0.1) is 0 Å². The molecule has 92 valence electrons. The second-order valence-corrected chi connectivity index (χ2v) is 4.66. The third kappa shape index (κ3) is 2.99. The van der Waals surface area contributed by atoms with Crippen molar-refractivity contribution in [3.8, 4) is 5.75 Å². The van der Waals surface area contributed by atoms with Crippen molar-refractivity contribution in [2.24, 2.45) is 0 Å². The van der Waals surface area contributed by atoms with Crippen LogP contribution >= 0.6 is 0 Å². The van der Waals surface area contributed by atoms with E-state index < -0.39 is 11.9 Å². The fourth-order valence-corrected chi connectivity index (χ4v) is 2.20. The van der Waals surface area contributed by atoms with Gasteiger partial charge in [-0.3, -0.25) is 4.79 Å². The number of rotatable bonds is 4. The molecule has 1 fully saturated rings. The highest BCUT2D eigenvalue weighted by Crippen LogP contribution is 2.26. The van der Waals surface area contributed by atoms with Crippen molar-refractivity contribution < 1.29 is 14.6 Å². The Kier molecular flexibility index (Phi) is 3.67. The zero-order valence-corrected chi connectivity index (χ0v) is 10.1. The lowest BCUT2D eigenvalue weighted by atomic mass is 10.0. The van der Waals surface area contributed by atoms with Gasteiger partial charge in [0.05, 0.1) is 12.0 Å². The van der Waals surface area contributed by atoms with E-state index in [0.29, 0.717) is 6.10 Å². The lowest BCUT2D eigenvalue weighted by molar-refractivity contribution is -0.138. The number of hydrogen-bond donors (Lipinski definition) is 1. The molecule has 0 radical (unpaired) electrons. The second kappa shape index (κ2) is 5.21. The van der Waals surface area contributed by atoms with Crippen LogP contribution in [0.5, 0.6) is 5.75 Å². The number of carboxylic acids is 1. The summed E-state index contributed by atoms with van der Waals surface area (Å²) in [4.78, 5) is 10.9. The first-order valence-electron chi connectivity index (χ1n) is 6.16. The number of hydrogen-bond acceptors (Lipinski definition) is 2. The van der Waals surface area contributed by atoms with Gasteiger partial charge in [-0.05, 0) is 50.3 Å². The Morgan fingerprint density at radius 3 is 2.76 bits per heavy atom. The van der Waals surface area contributed by atoms with Gasteiger partial charge in [-0.1, -0.05) is 12.1 Å². The maximum absolute atomic E-state index is 10.9. The summed E-state index contributed by atoms with van der Waals surface area (Å²) in [7, 11) is 0. The molecule has 3 nitrogen and oxygen atoms in total. The molecule has 1 aromatic rings. The molecule has 0 bridgehead atoms. The average molecular weight is 234 g/mol. The first-order chi connectivity index (χ1) is 8.16. The highest BCUT2D eigenvalue weighted by molar-refractivity contribution is 5.75. The van der Waals surface area contributed by atoms with Crippen LogP contribution in [0.2, 0.25) is 0 Å². The number of carbonyl (C=O) groups is 1. The largest absolute Gasteiger partial charge is 0.490 e. The van der Waals surface area contributed by atoms with Crippen molar-refractivity contribution in [1.82, 2.24) is 0 Å². The minimum absolute atomic E-state index is 0.311. The van der Waals surface area contributed by atoms with Crippen LogP contribution in [0.15, 0.2) is 24.3 Å². The van der Waals surface area contributed by atoms with Crippen molar-refractivity contribution in [3.05, 3.63) is 29.8 Å². The maximum Gasteiger partial charge on any atom is 0.310 e. The van der Waals surface area contributed by atoms with Gasteiger partial charge < -0.3 is 9.84 Å². The lowest BCUT2D eigenvalue weighted by Crippen LogP contribution is -2.12. The van der Waals surface area contributed by atoms with Crippen LogP contribution < -0.4 is 4.74 Å². The van der Waals surface area contributed by atoms with Gasteiger partial charge >= 0.3 is 5.97 Å². The molecule has 0 aromatic heterocycles. The van der Waals surface area contributed by atoms with E-state index in [2.05, 4.69) is 0 Å². The van der Waals surface area contributed by atoms with E-state index in [0.717, 1.165) is 24.2 Å². The molecular weight excluding hydrogens is 216 g/mol. The van der Waals surface area contributed by atoms with Crippen LogP contribution in [-0.4, -0.2) is 17.2 Å². The first-order valence-corrected chi connectivity index (χ1v) is 6.16. The minimum Gasteiger partial charge on any atom is -0.490 e. The molecule has 1 atom stereocenters. The third-order valence-electron chi connectivity index (χ3n) is 3.33. The Morgan fingerprint density at radius 1 is 1.41 bits per heavy atom. The minimum atomic E-state index is -0.803. The van der Waals surface area contributed by atoms with E-state index in [1.54, 1.807) is 6.92 Å². The summed E-state index contributed by atoms with van der Waals surface area (Å²) >= 11 is 0. The standard InChI is InChI=1S/C14H18O3/c1-10(14(15)16)11-5-4-8-13(9-11)17-12-6-2-3-7-12/h4-5,8-10,12H,2-3,6-7H2,1H3,(H,15,16). The van der Waals surface area contributed by atoms with Crippen LogP contribution in [0.4, 0.5) is 0 Å². The molecule has 1 aliphatic carbocycles. The van der Waals surface area contributed by atoms with Crippen molar-refractivity contribution >= 4 is 5.97 Å². The van der Waals surface area contributed by atoms with Crippen molar-refractivity contribution in [3.63, 3.8) is 0 Å². The number of ether oxygens (including phenoxy) is 1. The highest BCUT2D eigenvalue weighted by Gasteiger charge is 2.18. The maximum atomic E-state index is 10.9. The van der Waals surface area contributed by atoms with Crippen molar-refractivity contribution in [2.45, 2.75) is 44.6 Å². The first kappa shape index (κ1) is 12.0. The van der Waals surface area contributed by atoms with Gasteiger partial charge in [0.25, 0.3) is 0 Å². The van der Waals surface area contributed by atoms with Gasteiger partial charge in [-0.2, -0.15) is 0 Å². The van der Waals surface area contributed by atoms with E-state index in [4.69, 9.17) is 9.84 Å². The molecule has 3 heteroatoms. The Hall–Kier alpha value is -1.51. The smallest absolute Gasteiger partial charge is 0.310 e. The zero-order chi connectivity index (χ0) is 12.3. The monoisotopic (exact) mass is 234 g/mol. The SMILES string of the molecule is CC(C(=O)O)c1cccc(OC2CCCC2)c1. The number of aliphatic carboxylic acids is 1. The van der Waals surface area contributed by atoms with Gasteiger partial charge in [0.1, 0.15) is 5.75 Å². The lowest BCUT2D eigenvalue weighted by Gasteiger charge is -2.14. The zero-order valence-electron chi connectivity index (χ0n) is 10.1. The van der Waals surface area contributed by atoms with E-state index in [1.807, 2.05) is 24.3 Å². The fraction of sp³-hybridized carbons (Fsp3) is 0.500. The molecular formula is C14H18O3. The molecule has 0 saturated heterocycles. The predicted octanol–water partition coefficient (Wildman–Crippen LogP) is 3.20. The molecule has 1 aliphatic rings. The van der Waals surface area contributed by atoms with Gasteiger partial charge in [-0.25, -0.2) is 0 Å². The van der Waals surface area contributed by atoms with E-state index in [9.17, 15) is 4.79 Å². The van der Waals surface area contributed by atoms with Gasteiger partial charge in [0.15, 0.2) is 0 Å². The molecule has 0 heterocycles. The summed E-state index contributed by atoms with van der Waals surface area (Å²) in [6.07, 6.45) is 4.99. The third-order valence-corrected chi connectivity index (χ3v) is 3.33. The Bertz CT molecular complexity index is 394. The van der Waals surface area contributed by atoms with E-state index >= 15 is 0 Å². The molecule has 1 N–H and O–H groups in total. The molecule has 17 heavy (non-hydrogen) atoms. The summed E-state index contributed by atoms with van der Waals surface area (Å²) in [6.45, 7) is 1.69. The van der Waals surface area contributed by atoms with E-state index in [1.165, 1.54) is 12.8 Å². The Labute approximate surface area is 101 Å². The number of benzene rings is 1. The topological polar surface area (TPSA) is 46.5 Å². The second-order valence-electron chi connectivity index (χ2n) is 4.66. The normalized spacial score (nSPS) is 17.9. The van der Waals surface area contributed by atoms with Crippen LogP contribution in [0.3, 0.4) is 0 Å². The quantitative estimate of drug-likeness (QED) is 0.870. The molecule has 0 amide bonds. The van der Waals surface area contributed by atoms with Gasteiger partial charge in [-0.15, -0.1) is 0 Å². The molecule has 0 spiro atoms. The van der Waals surface area contributed by atoms with Crippen LogP contribution in [0.25, 0.3) is 0 Å². The van der Waals surface area contributed by atoms with Crippen LogP contribution in [0.1, 0.15) is 44.1 Å². The molecule has 2 rings (SSSR count). The fourth-order valence-electron chi connectivity index (χ4n) is 2.20. The van der Waals surface area contributed by atoms with E-state index in [-0.39, 0.29) is 0 Å². The van der Waals surface area contributed by atoms with Crippen molar-refractivity contribution in [2.75, 3.05) is 0 Å². The average Bonchev–Trinajstić information content (AvgIpc) is 2.81. The highest BCUT2D eigenvalue weighted by atomic mass is 16.5. The summed E-state index contributed by atoms with van der Waals surface area (Å²) in [5.74, 6) is -0.493. The number of carboxylic acid groups (broad SMARTS) is 1. The van der Waals surface area contributed by atoms with Crippen LogP contribution in [-0.2, 0) is 4.79 Å². The predicted molar refractivity (Wildman–Crippen MR) is 65.4 cm³/mol. The Balaban J connectivity index is 2.07. The van der Waals surface area contributed by atoms with Gasteiger partial charge in [0, 0.05) is 0 Å². The molecule has 0 aliphatic heterocycles. The molecule has 1 saturated carbocycles. The molecule has 1 aromatic carbocycles. The summed E-state index contributed by atoms with van der Waals surface area (Å²) in [5.41, 5.74) is 0.799. The summed E-state index contributed by atoms with van der Waals surface area (Å²) in [6, 6.07) is 7.44. The summed E-state index contributed by atoms with van der Waals surface area (Å²) in [5, 5.41) is 8.97. The van der Waals surface area contributed by atoms with Gasteiger partial charge in [0.2, 0.25) is 0 Å². The van der Waals surface area contributed by atoms with Crippen molar-refractivity contribution in [1.29, 1.82) is 0 Å². The molecule has 1 unspecified atom stereocenters. The Morgan fingerprint density at radius 2 is 2.12 bits per heavy atom. The summed E-state index contributed by atoms with van der Waals surface area (Å²) < 4.78 is 5.85.